The number of methoxy groups -OCH3 is 1. The van der Waals surface area contributed by atoms with Crippen LogP contribution in [0.1, 0.15) is 92.6 Å². The van der Waals surface area contributed by atoms with Crippen molar-refractivity contribution in [2.45, 2.75) is 112 Å². The molecule has 296 valence electrons. The largest absolute Gasteiger partial charge is 0.382 e. The molecule has 1 unspecified atom stereocenters. The number of carbonyl (C=O) groups is 3. The Morgan fingerprint density at radius 2 is 1.61 bits per heavy atom. The second kappa shape index (κ2) is 20.0. The summed E-state index contributed by atoms with van der Waals surface area (Å²) in [6.07, 6.45) is 2.98. The minimum absolute atomic E-state index is 0.0337. The predicted molar refractivity (Wildman–Crippen MR) is 212 cm³/mol. The molecule has 4 rings (SSSR count). The molecular weight excluding hydrogens is 684 g/mol. The van der Waals surface area contributed by atoms with Crippen LogP contribution in [0.3, 0.4) is 0 Å². The van der Waals surface area contributed by atoms with Crippen LogP contribution in [0.15, 0.2) is 48.5 Å². The number of amides is 3. The van der Waals surface area contributed by atoms with Gasteiger partial charge in [0.05, 0.1) is 36.7 Å². The number of carbonyl (C=O) groups excluding carboxylic acids is 3. The van der Waals surface area contributed by atoms with Gasteiger partial charge < -0.3 is 29.7 Å². The number of hydrogen-bond acceptors (Lipinski definition) is 8. The minimum atomic E-state index is -0.558. The molecule has 0 saturated heterocycles. The van der Waals surface area contributed by atoms with Crippen LogP contribution in [0, 0.1) is 11.3 Å². The van der Waals surface area contributed by atoms with Crippen molar-refractivity contribution >= 4 is 23.4 Å². The van der Waals surface area contributed by atoms with Crippen molar-refractivity contribution in [1.82, 2.24) is 25.6 Å². The molecule has 2 heterocycles. The molecule has 1 aromatic heterocycles. The highest BCUT2D eigenvalue weighted by atomic mass is 16.5. The molecule has 0 radical (unpaired) electrons. The molecule has 12 heteroatoms. The predicted octanol–water partition coefficient (Wildman–Crippen LogP) is 6.56. The molecule has 0 aliphatic carbocycles. The Labute approximate surface area is 321 Å². The quantitative estimate of drug-likeness (QED) is 0.117. The smallest absolute Gasteiger partial charge is 0.227 e. The van der Waals surface area contributed by atoms with Crippen molar-refractivity contribution in [1.29, 1.82) is 0 Å². The van der Waals surface area contributed by atoms with Crippen LogP contribution >= 0.6 is 0 Å². The Morgan fingerprint density at radius 3 is 2.35 bits per heavy atom. The van der Waals surface area contributed by atoms with Crippen LogP contribution < -0.4 is 15.5 Å². The average Bonchev–Trinajstić information content (AvgIpc) is 3.52. The summed E-state index contributed by atoms with van der Waals surface area (Å²) in [5.41, 5.74) is 4.05. The first kappa shape index (κ1) is 42.6. The fourth-order valence-corrected chi connectivity index (χ4v) is 6.65. The number of hydrogen-bond donors (Lipinski definition) is 2. The first-order valence-electron chi connectivity index (χ1n) is 19.4. The van der Waals surface area contributed by atoms with E-state index >= 15 is 0 Å². The Bertz CT molecular complexity index is 1680. The summed E-state index contributed by atoms with van der Waals surface area (Å²) < 4.78 is 18.8. The van der Waals surface area contributed by atoms with E-state index in [2.05, 4.69) is 34.8 Å². The number of fused-ring (bicyclic) bond motifs is 5. The van der Waals surface area contributed by atoms with E-state index in [1.165, 1.54) is 0 Å². The van der Waals surface area contributed by atoms with Crippen LogP contribution in [-0.2, 0) is 41.7 Å². The van der Waals surface area contributed by atoms with E-state index in [0.29, 0.717) is 70.5 Å². The molecule has 2 N–H and O–H groups in total. The number of para-hydroxylation sites is 1. The van der Waals surface area contributed by atoms with Gasteiger partial charge in [-0.1, -0.05) is 75.4 Å². The van der Waals surface area contributed by atoms with Gasteiger partial charge in [-0.25, -0.2) is 4.68 Å². The van der Waals surface area contributed by atoms with E-state index in [1.54, 1.807) is 12.0 Å². The van der Waals surface area contributed by atoms with Gasteiger partial charge in [0.25, 0.3) is 0 Å². The number of ether oxygens (including phenoxy) is 3. The molecule has 54 heavy (non-hydrogen) atoms. The number of nitrogens with zero attached hydrogens (tertiary/aromatic N) is 4. The minimum Gasteiger partial charge on any atom is -0.382 e. The molecule has 2 aromatic carbocycles. The SMILES string of the molecule is COCCOCCCn1nnc2c1-c1ccccc1CN(C(=O)CCC(=O)NCCC(C)(C)OCCC(C)(C)C(=O)NC(C)CC(C)C)c1ccccc1-2. The van der Waals surface area contributed by atoms with Crippen molar-refractivity contribution in [2.24, 2.45) is 11.3 Å². The molecule has 0 bridgehead atoms. The van der Waals surface area contributed by atoms with Crippen LogP contribution in [-0.4, -0.2) is 84.4 Å². The van der Waals surface area contributed by atoms with Gasteiger partial charge in [-0.05, 0) is 64.0 Å². The van der Waals surface area contributed by atoms with Gasteiger partial charge in [0.2, 0.25) is 17.7 Å². The first-order chi connectivity index (χ1) is 25.7. The van der Waals surface area contributed by atoms with Crippen LogP contribution in [0.4, 0.5) is 5.69 Å². The summed E-state index contributed by atoms with van der Waals surface area (Å²) in [6.45, 7) is 17.7. The van der Waals surface area contributed by atoms with E-state index in [1.807, 2.05) is 87.8 Å². The molecule has 3 aromatic rings. The van der Waals surface area contributed by atoms with E-state index < -0.39 is 11.0 Å². The molecule has 3 amide bonds. The van der Waals surface area contributed by atoms with Crippen molar-refractivity contribution in [3.05, 3.63) is 54.1 Å². The molecule has 1 aliphatic heterocycles. The molecule has 0 saturated carbocycles. The van der Waals surface area contributed by atoms with Crippen LogP contribution in [0.5, 0.6) is 0 Å². The zero-order chi connectivity index (χ0) is 39.3. The molecule has 0 fully saturated rings. The topological polar surface area (TPSA) is 137 Å². The van der Waals surface area contributed by atoms with Crippen molar-refractivity contribution in [3.8, 4) is 22.5 Å². The van der Waals surface area contributed by atoms with E-state index in [9.17, 15) is 14.4 Å². The Balaban J connectivity index is 1.32. The standard InChI is InChI=1S/C42H62N6O6/c1-30(2)28-31(3)44-40(51)41(4,5)21-25-54-42(6,7)20-22-43-36(49)18-19-37(50)47-29-32-14-9-10-15-33(32)39-38(34-16-11-12-17-35(34)47)45-46-48(39)23-13-24-53-27-26-52-8/h9-12,14-17,30-31H,13,18-29H2,1-8H3,(H,43,49)(H,44,51). The lowest BCUT2D eigenvalue weighted by Gasteiger charge is -2.30. The summed E-state index contributed by atoms with van der Waals surface area (Å²) >= 11 is 0. The average molecular weight is 747 g/mol. The third-order valence-corrected chi connectivity index (χ3v) is 9.83. The Kier molecular flexibility index (Phi) is 15.8. The van der Waals surface area contributed by atoms with Crippen molar-refractivity contribution in [2.75, 3.05) is 45.0 Å². The fraction of sp³-hybridized carbons (Fsp3) is 0.595. The summed E-state index contributed by atoms with van der Waals surface area (Å²) in [4.78, 5) is 41.5. The maximum absolute atomic E-state index is 13.9. The lowest BCUT2D eigenvalue weighted by atomic mass is 9.88. The highest BCUT2D eigenvalue weighted by Crippen LogP contribution is 2.41. The third-order valence-electron chi connectivity index (χ3n) is 9.83. The molecule has 1 atom stereocenters. The number of anilines is 1. The second-order valence-electron chi connectivity index (χ2n) is 16.0. The monoisotopic (exact) mass is 746 g/mol. The maximum Gasteiger partial charge on any atom is 0.227 e. The molecule has 1 aliphatic rings. The van der Waals surface area contributed by atoms with Gasteiger partial charge in [-0.3, -0.25) is 14.4 Å². The van der Waals surface area contributed by atoms with Crippen LogP contribution in [0.25, 0.3) is 22.5 Å². The maximum atomic E-state index is 13.9. The van der Waals surface area contributed by atoms with Gasteiger partial charge in [0, 0.05) is 68.8 Å². The summed E-state index contributed by atoms with van der Waals surface area (Å²) in [5.74, 6) is 0.210. The van der Waals surface area contributed by atoms with E-state index in [0.717, 1.165) is 40.9 Å². The molecular formula is C42H62N6O6. The normalized spacial score (nSPS) is 13.4. The zero-order valence-corrected chi connectivity index (χ0v) is 33.7. The Morgan fingerprint density at radius 1 is 0.889 bits per heavy atom. The number of aromatic nitrogens is 3. The highest BCUT2D eigenvalue weighted by molar-refractivity contribution is 6.01. The molecule has 0 spiro atoms. The second-order valence-corrected chi connectivity index (χ2v) is 16.0. The first-order valence-corrected chi connectivity index (χ1v) is 19.4. The van der Waals surface area contributed by atoms with Crippen molar-refractivity contribution < 1.29 is 28.6 Å². The van der Waals surface area contributed by atoms with Gasteiger partial charge in [-0.15, -0.1) is 5.10 Å². The van der Waals surface area contributed by atoms with Gasteiger partial charge >= 0.3 is 0 Å². The van der Waals surface area contributed by atoms with Gasteiger partial charge in [0.1, 0.15) is 5.69 Å². The van der Waals surface area contributed by atoms with E-state index in [4.69, 9.17) is 14.2 Å². The number of aryl methyl sites for hydroxylation is 1. The van der Waals surface area contributed by atoms with Crippen LogP contribution in [0.2, 0.25) is 0 Å². The number of benzene rings is 2. The Hall–Kier alpha value is -4.13. The number of rotatable bonds is 21. The fourth-order valence-electron chi connectivity index (χ4n) is 6.65. The van der Waals surface area contributed by atoms with Gasteiger partial charge in [-0.2, -0.15) is 0 Å². The zero-order valence-electron chi connectivity index (χ0n) is 33.7. The molecule has 12 nitrogen and oxygen atoms in total. The number of nitrogens with one attached hydrogen (secondary N) is 2. The summed E-state index contributed by atoms with van der Waals surface area (Å²) in [7, 11) is 1.65. The van der Waals surface area contributed by atoms with Crippen molar-refractivity contribution in [3.63, 3.8) is 0 Å². The third kappa shape index (κ3) is 12.2. The summed E-state index contributed by atoms with van der Waals surface area (Å²) in [6, 6.07) is 15.9. The van der Waals surface area contributed by atoms with Gasteiger partial charge in [0.15, 0.2) is 0 Å². The lowest BCUT2D eigenvalue weighted by molar-refractivity contribution is -0.132. The van der Waals surface area contributed by atoms with E-state index in [-0.39, 0.29) is 36.6 Å². The lowest BCUT2D eigenvalue weighted by Crippen LogP contribution is -2.43. The summed E-state index contributed by atoms with van der Waals surface area (Å²) in [5, 5.41) is 15.3. The highest BCUT2D eigenvalue weighted by Gasteiger charge is 2.31.